The zero-order chi connectivity index (χ0) is 84.8. The van der Waals surface area contributed by atoms with Gasteiger partial charge >= 0.3 is 12.1 Å². The Labute approximate surface area is 694 Å². The van der Waals surface area contributed by atoms with E-state index in [0.29, 0.717) is 82.6 Å². The molecule has 3 aromatic heterocycles. The average molecular weight is 1690 g/mol. The van der Waals surface area contributed by atoms with Crippen molar-refractivity contribution in [2.75, 3.05) is 87.2 Å². The van der Waals surface area contributed by atoms with E-state index < -0.39 is 137 Å². The minimum Gasteiger partial charge on any atom is -0.476 e. The number of benzene rings is 3. The fourth-order valence-corrected chi connectivity index (χ4v) is 21.0. The molecule has 0 spiro atoms. The van der Waals surface area contributed by atoms with Crippen molar-refractivity contribution < 1.29 is 101 Å². The number of hydrogen-bond donors (Lipinski definition) is 10. The maximum Gasteiger partial charge on any atom is 0.410 e. The third kappa shape index (κ3) is 21.5. The number of amides is 5. The number of ether oxygens (including phenoxy) is 4. The molecule has 640 valence electrons. The van der Waals surface area contributed by atoms with Crippen LogP contribution in [0.3, 0.4) is 0 Å². The minimum atomic E-state index is -4.35. The summed E-state index contributed by atoms with van der Waals surface area (Å²) in [6, 6.07) is 19.3. The number of nitrogens with one attached hydrogen (secondary N) is 3. The molecule has 10 N–H and O–H groups in total. The van der Waals surface area contributed by atoms with Crippen LogP contribution in [0.5, 0.6) is 0 Å². The highest BCUT2D eigenvalue weighted by molar-refractivity contribution is 7.98. The summed E-state index contributed by atoms with van der Waals surface area (Å²) in [4.78, 5) is 124. The number of thiazole rings is 1. The molecule has 2 saturated heterocycles. The highest BCUT2D eigenvalue weighted by Crippen LogP contribution is 2.72. The molecule has 31 nitrogen and oxygen atoms in total. The monoisotopic (exact) mass is 1690 g/mol. The fourth-order valence-electron chi connectivity index (χ4n) is 19.4. The van der Waals surface area contributed by atoms with E-state index in [1.165, 1.54) is 39.8 Å². The largest absolute Gasteiger partial charge is 0.476 e. The molecule has 13 rings (SSSR count). The molecule has 6 heterocycles. The number of thioether (sulfide) groups is 1. The smallest absolute Gasteiger partial charge is 0.410 e. The number of para-hydroxylation sites is 1. The minimum absolute atomic E-state index is 0.00932. The van der Waals surface area contributed by atoms with Crippen molar-refractivity contribution in [3.8, 4) is 11.1 Å². The average Bonchev–Trinajstić information content (AvgIpc) is 0.850. The SMILES string of the molecule is CSCCC(=O)N[C@H]1C[C@@H](COCCS(=O)(=O)O)N(CC(=O)C[C@H](C(=O)N[C@@H](C)C(=O)Cc2ccc(COC(=O)N(CCOC34CC5(C)CC(C)(CC(Cn6ncc(-c7ccc(N8CCc9cccc(C(=O)Nc%10nc%11ccccc%11s%10)c9C8)nc7C(=O)O)c6C)(C5)C3)C4)CC[C@H](O)CO)c(CC[C@@H]3OC[C@@H](O)[C@H](O)[C@H]3O)c2)C(C)C)C1=O. The number of aromatic carboxylic acids is 1. The number of rotatable bonds is 39. The summed E-state index contributed by atoms with van der Waals surface area (Å²) in [5.74, 6) is -5.02. The Morgan fingerprint density at radius 3 is 2.37 bits per heavy atom. The lowest BCUT2D eigenvalue weighted by Crippen LogP contribution is -2.64. The van der Waals surface area contributed by atoms with Crippen LogP contribution in [0, 0.1) is 35.0 Å². The number of carboxylic acids is 1. The summed E-state index contributed by atoms with van der Waals surface area (Å²) in [6.07, 6.45) is 2.13. The molecule has 6 aromatic rings. The summed E-state index contributed by atoms with van der Waals surface area (Å²) < 4.78 is 59.4. The number of carbonyl (C=O) groups is 8. The van der Waals surface area contributed by atoms with E-state index in [0.717, 1.165) is 59.1 Å². The number of aliphatic hydroxyl groups excluding tert-OH is 5. The van der Waals surface area contributed by atoms with Gasteiger partial charge in [-0.15, -0.1) is 0 Å². The van der Waals surface area contributed by atoms with Crippen molar-refractivity contribution in [2.45, 2.75) is 205 Å². The molecule has 2 unspecified atom stereocenters. The lowest BCUT2D eigenvalue weighted by Gasteiger charge is -2.69. The number of nitrogens with zero attached hydrogens (tertiary/aromatic N) is 7. The summed E-state index contributed by atoms with van der Waals surface area (Å²) in [5.41, 5.74) is 5.36. The third-order valence-corrected chi connectivity index (χ3v) is 26.5. The van der Waals surface area contributed by atoms with Crippen LogP contribution in [-0.4, -0.2) is 252 Å². The summed E-state index contributed by atoms with van der Waals surface area (Å²) in [7, 11) is -4.35. The molecule has 4 saturated carbocycles. The van der Waals surface area contributed by atoms with Crippen molar-refractivity contribution in [2.24, 2.45) is 28.1 Å². The van der Waals surface area contributed by atoms with Gasteiger partial charge in [-0.3, -0.25) is 43.3 Å². The Kier molecular flexibility index (Phi) is 28.4. The Bertz CT molecular complexity index is 4760. The molecular formula is C84H110N10O21S3. The number of likely N-dealkylation sites (tertiary alicyclic amines) is 1. The van der Waals surface area contributed by atoms with Crippen LogP contribution in [0.1, 0.15) is 160 Å². The van der Waals surface area contributed by atoms with Gasteiger partial charge in [0, 0.05) is 86.0 Å². The molecule has 3 aliphatic heterocycles. The number of hydrogen-bond acceptors (Lipinski definition) is 25. The van der Waals surface area contributed by atoms with Crippen LogP contribution in [-0.2, 0) is 92.0 Å². The topological polar surface area (TPSA) is 439 Å². The number of pyridine rings is 1. The van der Waals surface area contributed by atoms with Crippen LogP contribution in [0.2, 0.25) is 0 Å². The van der Waals surface area contributed by atoms with Gasteiger partial charge in [0.1, 0.15) is 36.8 Å². The predicted molar refractivity (Wildman–Crippen MR) is 439 cm³/mol. The summed E-state index contributed by atoms with van der Waals surface area (Å²) in [6.45, 7) is 11.0. The van der Waals surface area contributed by atoms with Crippen LogP contribution in [0.15, 0.2) is 79.0 Å². The number of Topliss-reactive ketones (excluding diaryl/α,β-unsaturated/α-hetero) is 2. The number of aryl methyl sites for hydroxylation is 1. The van der Waals surface area contributed by atoms with Crippen LogP contribution < -0.4 is 20.9 Å². The number of carbonyl (C=O) groups excluding carboxylic acids is 7. The molecule has 11 atom stereocenters. The van der Waals surface area contributed by atoms with E-state index in [1.54, 1.807) is 50.4 Å². The van der Waals surface area contributed by atoms with Crippen molar-refractivity contribution in [3.05, 3.63) is 124 Å². The second-order valence-corrected chi connectivity index (χ2v) is 37.8. The van der Waals surface area contributed by atoms with Gasteiger partial charge in [0.25, 0.3) is 16.0 Å². The van der Waals surface area contributed by atoms with Gasteiger partial charge in [-0.2, -0.15) is 25.3 Å². The fraction of sp³-hybridized carbons (Fsp3) is 0.583. The van der Waals surface area contributed by atoms with Gasteiger partial charge in [-0.05, 0) is 171 Å². The zero-order valence-electron chi connectivity index (χ0n) is 67.8. The highest BCUT2D eigenvalue weighted by atomic mass is 32.2. The number of aromatic nitrogens is 4. The van der Waals surface area contributed by atoms with Gasteiger partial charge in [0.05, 0.1) is 91.6 Å². The van der Waals surface area contributed by atoms with Crippen LogP contribution in [0.4, 0.5) is 15.7 Å². The first kappa shape index (κ1) is 88.9. The Morgan fingerprint density at radius 1 is 0.890 bits per heavy atom. The number of aliphatic hydroxyl groups is 5. The Morgan fingerprint density at radius 2 is 1.65 bits per heavy atom. The number of anilines is 2. The van der Waals surface area contributed by atoms with E-state index in [9.17, 15) is 82.0 Å². The van der Waals surface area contributed by atoms with Gasteiger partial charge in [-0.1, -0.05) is 81.5 Å². The van der Waals surface area contributed by atoms with Gasteiger partial charge in [0.15, 0.2) is 22.4 Å². The molecule has 7 aliphatic rings. The van der Waals surface area contributed by atoms with E-state index in [4.69, 9.17) is 29.0 Å². The molecule has 34 heteroatoms. The summed E-state index contributed by atoms with van der Waals surface area (Å²) in [5, 5.41) is 77.2. The third-order valence-electron chi connectivity index (χ3n) is 24.2. The Hall–Kier alpha value is -8.39. The summed E-state index contributed by atoms with van der Waals surface area (Å²) >= 11 is 2.84. The van der Waals surface area contributed by atoms with E-state index in [1.807, 2.05) is 65.2 Å². The Balaban J connectivity index is 0.690. The van der Waals surface area contributed by atoms with Crippen molar-refractivity contribution in [1.29, 1.82) is 0 Å². The second-order valence-electron chi connectivity index (χ2n) is 34.2. The number of fused-ring (bicyclic) bond motifs is 2. The lowest BCUT2D eigenvalue weighted by atomic mass is 9.39. The second kappa shape index (κ2) is 37.7. The first-order chi connectivity index (χ1) is 56.0. The number of ketones is 2. The highest BCUT2D eigenvalue weighted by Gasteiger charge is 2.66. The molecule has 0 radical (unpaired) electrons. The van der Waals surface area contributed by atoms with Gasteiger partial charge in [-0.25, -0.2) is 19.6 Å². The van der Waals surface area contributed by atoms with E-state index >= 15 is 0 Å². The molecule has 3 aromatic carbocycles. The van der Waals surface area contributed by atoms with Crippen LogP contribution >= 0.6 is 23.1 Å². The normalized spacial score (nSPS) is 24.8. The van der Waals surface area contributed by atoms with Gasteiger partial charge < -0.3 is 74.9 Å². The van der Waals surface area contributed by atoms with E-state index in [-0.39, 0.29) is 118 Å². The van der Waals surface area contributed by atoms with Crippen LogP contribution in [0.25, 0.3) is 21.3 Å². The first-order valence-electron chi connectivity index (χ1n) is 40.4. The zero-order valence-corrected chi connectivity index (χ0v) is 70.2. The first-order valence-corrected chi connectivity index (χ1v) is 44.2. The number of carboxylic acid groups (broad SMARTS) is 1. The lowest BCUT2D eigenvalue weighted by molar-refractivity contribution is -0.248. The molecule has 5 amide bonds. The quantitative estimate of drug-likeness (QED) is 0.0138. The van der Waals surface area contributed by atoms with Crippen molar-refractivity contribution >= 4 is 102 Å². The standard InChI is InChI=1S/C84H110N10O21S3/c1-49(2)61(34-58(97)36-93-56(40-112-28-30-118(109,110)111)33-65(77(93)105)87-71(100)23-29-116-7)76(104)86-50(3)66(98)32-52-15-16-55(54(31-52)17-19-68-74(102)73(101)67(99)41-113-68)39-114-80(108)91(25-22-57(96)38-95)26-27-115-84-45-81(5)42-82(6,46-84)44-83(43-81,47-84)48-94-51(4)62(35-85-94)59-18-20-70(89-72(59)78(106)107)92-24-21-53-11-10-12-60(63(53)37-92)75(103)90-79-88-64-13-8-9-14-69(64)117-79/h8-16,18,20,31,35,49-50,56-57,61,65,67-68,73-74,95-96,99,101-102H,17,19,21-30,32-34,36-48H2,1-7H3,(H,86,104)(H,87,100)(H,106,107)(H,88,90,103)(H,109,110,111)/t50-,56-,57-,61-,65-,67+,68-,73-,74-,81?,82?,83?,84?/m0/s1. The van der Waals surface area contributed by atoms with Crippen molar-refractivity contribution in [1.82, 2.24) is 40.2 Å². The molecular weight excluding hydrogens is 1580 g/mol. The molecule has 4 bridgehead atoms. The molecule has 118 heavy (non-hydrogen) atoms. The van der Waals surface area contributed by atoms with Crippen molar-refractivity contribution in [3.63, 3.8) is 0 Å². The van der Waals surface area contributed by atoms with E-state index in [2.05, 4.69) is 34.8 Å². The predicted octanol–water partition coefficient (Wildman–Crippen LogP) is 6.90. The maximum absolute atomic E-state index is 14.5. The molecule has 6 fully saturated rings. The molecule has 4 aliphatic carbocycles. The van der Waals surface area contributed by atoms with Gasteiger partial charge in [0.2, 0.25) is 17.7 Å². The maximum atomic E-state index is 14.5.